The highest BCUT2D eigenvalue weighted by Crippen LogP contribution is 2.40. The van der Waals surface area contributed by atoms with E-state index in [9.17, 15) is 4.79 Å². The highest BCUT2D eigenvalue weighted by Gasteiger charge is 2.41. The average Bonchev–Trinajstić information content (AvgIpc) is 2.91. The second-order valence-corrected chi connectivity index (χ2v) is 3.60. The minimum atomic E-state index is -0.0508. The molecule has 0 aliphatic heterocycles. The fourth-order valence-electron chi connectivity index (χ4n) is 1.44. The van der Waals surface area contributed by atoms with Gasteiger partial charge in [0.2, 0.25) is 0 Å². The molecule has 0 aromatic carbocycles. The van der Waals surface area contributed by atoms with Gasteiger partial charge in [0, 0.05) is 0 Å². The fourth-order valence-corrected chi connectivity index (χ4v) is 1.44. The molecule has 2 atom stereocenters. The molecule has 0 radical (unpaired) electrons. The zero-order valence-corrected chi connectivity index (χ0v) is 8.45. The predicted octanol–water partition coefficient (Wildman–Crippen LogP) is 2.54. The Bertz CT molecular complexity index is 196. The molecule has 1 fully saturated rings. The zero-order chi connectivity index (χ0) is 9.68. The van der Waals surface area contributed by atoms with Crippen LogP contribution in [-0.4, -0.2) is 13.1 Å². The molecule has 0 unspecified atom stereocenters. The van der Waals surface area contributed by atoms with Crippen molar-refractivity contribution in [2.45, 2.75) is 32.6 Å². The molecule has 0 spiro atoms. The van der Waals surface area contributed by atoms with Crippen LogP contribution in [0.15, 0.2) is 12.2 Å². The summed E-state index contributed by atoms with van der Waals surface area (Å²) in [7, 11) is 1.46. The lowest BCUT2D eigenvalue weighted by molar-refractivity contribution is -0.142. The van der Waals surface area contributed by atoms with E-state index in [2.05, 4.69) is 23.8 Å². The second-order valence-electron chi connectivity index (χ2n) is 3.60. The van der Waals surface area contributed by atoms with Gasteiger partial charge in [0.1, 0.15) is 0 Å². The maximum Gasteiger partial charge on any atom is 0.309 e. The van der Waals surface area contributed by atoms with Crippen LogP contribution in [0, 0.1) is 11.8 Å². The summed E-state index contributed by atoms with van der Waals surface area (Å²) in [6.07, 6.45) is 8.95. The Morgan fingerprint density at radius 3 is 3.00 bits per heavy atom. The molecule has 0 amide bonds. The van der Waals surface area contributed by atoms with E-state index in [0.717, 1.165) is 12.8 Å². The van der Waals surface area contributed by atoms with Crippen molar-refractivity contribution in [2.75, 3.05) is 7.11 Å². The van der Waals surface area contributed by atoms with E-state index in [1.165, 1.54) is 20.0 Å². The van der Waals surface area contributed by atoms with Crippen molar-refractivity contribution in [3.63, 3.8) is 0 Å². The van der Waals surface area contributed by atoms with Gasteiger partial charge in [-0.3, -0.25) is 4.79 Å². The normalized spacial score (nSPS) is 26.3. The summed E-state index contributed by atoms with van der Waals surface area (Å²) in [6.45, 7) is 2.18. The summed E-state index contributed by atoms with van der Waals surface area (Å²) in [5, 5.41) is 0. The number of unbranched alkanes of at least 4 members (excludes halogenated alkanes) is 2. The highest BCUT2D eigenvalue weighted by molar-refractivity contribution is 5.76. The number of methoxy groups -OCH3 is 1. The lowest BCUT2D eigenvalue weighted by Crippen LogP contribution is -2.03. The van der Waals surface area contributed by atoms with Gasteiger partial charge in [-0.25, -0.2) is 0 Å². The van der Waals surface area contributed by atoms with Gasteiger partial charge in [-0.15, -0.1) is 0 Å². The maximum absolute atomic E-state index is 11.0. The van der Waals surface area contributed by atoms with Crippen LogP contribution >= 0.6 is 0 Å². The van der Waals surface area contributed by atoms with Crippen LogP contribution in [0.4, 0.5) is 0 Å². The highest BCUT2D eigenvalue weighted by atomic mass is 16.5. The van der Waals surface area contributed by atoms with E-state index < -0.39 is 0 Å². The number of rotatable bonds is 5. The Morgan fingerprint density at radius 2 is 2.38 bits per heavy atom. The third-order valence-electron chi connectivity index (χ3n) is 2.45. The van der Waals surface area contributed by atoms with Crippen LogP contribution < -0.4 is 0 Å². The van der Waals surface area contributed by atoms with E-state index in [4.69, 9.17) is 0 Å². The number of esters is 1. The molecule has 0 N–H and O–H groups in total. The summed E-state index contributed by atoms with van der Waals surface area (Å²) in [5.74, 6) is 0.567. The van der Waals surface area contributed by atoms with E-state index in [0.29, 0.717) is 5.92 Å². The summed E-state index contributed by atoms with van der Waals surface area (Å²) < 4.78 is 4.66. The Balaban J connectivity index is 2.13. The molecule has 2 nitrogen and oxygen atoms in total. The largest absolute Gasteiger partial charge is 0.469 e. The molecule has 0 bridgehead atoms. The van der Waals surface area contributed by atoms with Crippen molar-refractivity contribution < 1.29 is 9.53 Å². The minimum absolute atomic E-state index is 0.0508. The van der Waals surface area contributed by atoms with Gasteiger partial charge in [-0.2, -0.15) is 0 Å². The lowest BCUT2D eigenvalue weighted by atomic mass is 10.2. The quantitative estimate of drug-likeness (QED) is 0.371. The molecular formula is C11H18O2. The van der Waals surface area contributed by atoms with Crippen molar-refractivity contribution in [3.8, 4) is 0 Å². The van der Waals surface area contributed by atoms with E-state index >= 15 is 0 Å². The summed E-state index contributed by atoms with van der Waals surface area (Å²) in [5.41, 5.74) is 0. The van der Waals surface area contributed by atoms with Gasteiger partial charge in [0.25, 0.3) is 0 Å². The Morgan fingerprint density at radius 1 is 1.62 bits per heavy atom. The van der Waals surface area contributed by atoms with Gasteiger partial charge < -0.3 is 4.74 Å². The molecule has 0 aromatic heterocycles. The number of carbonyl (C=O) groups is 1. The van der Waals surface area contributed by atoms with Crippen molar-refractivity contribution >= 4 is 5.97 Å². The van der Waals surface area contributed by atoms with Crippen molar-refractivity contribution in [2.24, 2.45) is 11.8 Å². The predicted molar refractivity (Wildman–Crippen MR) is 52.3 cm³/mol. The van der Waals surface area contributed by atoms with Crippen LogP contribution in [0.3, 0.4) is 0 Å². The van der Waals surface area contributed by atoms with Crippen LogP contribution in [0.1, 0.15) is 32.6 Å². The number of allylic oxidation sites excluding steroid dienone is 2. The van der Waals surface area contributed by atoms with Gasteiger partial charge in [-0.1, -0.05) is 31.9 Å². The molecule has 1 saturated carbocycles. The van der Waals surface area contributed by atoms with Crippen LogP contribution in [0.25, 0.3) is 0 Å². The van der Waals surface area contributed by atoms with Gasteiger partial charge in [0.05, 0.1) is 13.0 Å². The molecular weight excluding hydrogens is 164 g/mol. The second kappa shape index (κ2) is 5.05. The molecule has 2 heteroatoms. The third kappa shape index (κ3) is 3.21. The summed E-state index contributed by atoms with van der Waals surface area (Å²) in [4.78, 5) is 11.0. The van der Waals surface area contributed by atoms with Crippen molar-refractivity contribution in [1.29, 1.82) is 0 Å². The standard InChI is InChI=1S/C11H18O2/c1-3-4-5-6-7-9-8-10(9)11(12)13-2/h6-7,9-10H,3-5,8H2,1-2H3/b7-6-/t9-,10+/m1/s1. The molecule has 13 heavy (non-hydrogen) atoms. The molecule has 1 aliphatic carbocycles. The number of hydrogen-bond acceptors (Lipinski definition) is 2. The molecule has 0 heterocycles. The summed E-state index contributed by atoms with van der Waals surface area (Å²) >= 11 is 0. The topological polar surface area (TPSA) is 26.3 Å². The number of ether oxygens (including phenoxy) is 1. The Labute approximate surface area is 80.0 Å². The molecule has 1 rings (SSSR count). The number of hydrogen-bond donors (Lipinski definition) is 0. The molecule has 0 saturated heterocycles. The first-order valence-electron chi connectivity index (χ1n) is 5.04. The molecule has 0 aromatic rings. The zero-order valence-electron chi connectivity index (χ0n) is 8.45. The van der Waals surface area contributed by atoms with Gasteiger partial charge in [-0.05, 0) is 18.8 Å². The number of carbonyl (C=O) groups excluding carboxylic acids is 1. The van der Waals surface area contributed by atoms with Gasteiger partial charge >= 0.3 is 5.97 Å². The molecule has 74 valence electrons. The first kappa shape index (κ1) is 10.3. The third-order valence-corrected chi connectivity index (χ3v) is 2.45. The van der Waals surface area contributed by atoms with E-state index in [-0.39, 0.29) is 11.9 Å². The smallest absolute Gasteiger partial charge is 0.309 e. The van der Waals surface area contributed by atoms with Crippen LogP contribution in [0.5, 0.6) is 0 Å². The lowest BCUT2D eigenvalue weighted by Gasteiger charge is -1.93. The SMILES string of the molecule is CCCC/C=C\[C@@H]1C[C@@H]1C(=O)OC. The van der Waals surface area contributed by atoms with Crippen LogP contribution in [-0.2, 0) is 9.53 Å². The average molecular weight is 182 g/mol. The van der Waals surface area contributed by atoms with E-state index in [1.807, 2.05) is 0 Å². The first-order valence-corrected chi connectivity index (χ1v) is 5.04. The summed E-state index contributed by atoms with van der Waals surface area (Å²) in [6, 6.07) is 0. The Kier molecular flexibility index (Phi) is 4.00. The van der Waals surface area contributed by atoms with Crippen LogP contribution in [0.2, 0.25) is 0 Å². The Hall–Kier alpha value is -0.790. The minimum Gasteiger partial charge on any atom is -0.469 e. The van der Waals surface area contributed by atoms with Crippen molar-refractivity contribution in [3.05, 3.63) is 12.2 Å². The van der Waals surface area contributed by atoms with Gasteiger partial charge in [0.15, 0.2) is 0 Å². The molecule has 1 aliphatic rings. The van der Waals surface area contributed by atoms with E-state index in [1.54, 1.807) is 0 Å². The maximum atomic E-state index is 11.0. The fraction of sp³-hybridized carbons (Fsp3) is 0.727. The monoisotopic (exact) mass is 182 g/mol. The first-order chi connectivity index (χ1) is 6.29. The van der Waals surface area contributed by atoms with Crippen molar-refractivity contribution in [1.82, 2.24) is 0 Å².